The maximum atomic E-state index is 11.9. The second kappa shape index (κ2) is 6.98. The van der Waals surface area contributed by atoms with Crippen molar-refractivity contribution in [3.63, 3.8) is 0 Å². The Hall–Kier alpha value is -0.970. The summed E-state index contributed by atoms with van der Waals surface area (Å²) in [7, 11) is 0. The summed E-state index contributed by atoms with van der Waals surface area (Å²) in [6, 6.07) is 0.384. The number of hydrogen-bond acceptors (Lipinski definition) is 3. The van der Waals surface area contributed by atoms with Crippen LogP contribution >= 0.6 is 11.8 Å². The van der Waals surface area contributed by atoms with Crippen molar-refractivity contribution >= 4 is 17.7 Å². The lowest BCUT2D eigenvalue weighted by atomic mass is 9.87. The molecule has 0 saturated heterocycles. The quantitative estimate of drug-likeness (QED) is 0.844. The number of rotatable bonds is 5. The van der Waals surface area contributed by atoms with Crippen LogP contribution in [-0.4, -0.2) is 27.3 Å². The van der Waals surface area contributed by atoms with Crippen LogP contribution in [0.4, 0.5) is 0 Å². The number of nitrogens with one attached hydrogen (secondary N) is 1. The molecule has 1 aliphatic rings. The third kappa shape index (κ3) is 4.27. The maximum Gasteiger partial charge on any atom is 0.230 e. The van der Waals surface area contributed by atoms with Crippen LogP contribution in [0.5, 0.6) is 0 Å². The molecule has 19 heavy (non-hydrogen) atoms. The van der Waals surface area contributed by atoms with Crippen LogP contribution in [0.15, 0.2) is 17.6 Å². The summed E-state index contributed by atoms with van der Waals surface area (Å²) in [6.07, 6.45) is 8.45. The normalized spacial score (nSPS) is 23.3. The average molecular weight is 281 g/mol. The molecule has 4 nitrogen and oxygen atoms in total. The summed E-state index contributed by atoms with van der Waals surface area (Å²) in [5, 5.41) is 4.07. The molecule has 1 amide bonds. The van der Waals surface area contributed by atoms with Crippen molar-refractivity contribution in [2.24, 2.45) is 5.92 Å². The van der Waals surface area contributed by atoms with Gasteiger partial charge in [-0.05, 0) is 38.5 Å². The van der Waals surface area contributed by atoms with E-state index in [4.69, 9.17) is 0 Å². The lowest BCUT2D eigenvalue weighted by molar-refractivity contribution is -0.119. The molecule has 0 radical (unpaired) electrons. The minimum Gasteiger partial charge on any atom is -0.353 e. The van der Waals surface area contributed by atoms with E-state index in [1.165, 1.54) is 24.6 Å². The topological polar surface area (TPSA) is 46.9 Å². The number of carbonyl (C=O) groups is 1. The summed E-state index contributed by atoms with van der Waals surface area (Å²) in [5.41, 5.74) is 0. The predicted molar refractivity (Wildman–Crippen MR) is 78.2 cm³/mol. The monoisotopic (exact) mass is 281 g/mol. The van der Waals surface area contributed by atoms with E-state index in [0.29, 0.717) is 11.8 Å². The van der Waals surface area contributed by atoms with Crippen molar-refractivity contribution in [2.75, 3.05) is 5.75 Å². The van der Waals surface area contributed by atoms with Gasteiger partial charge in [-0.1, -0.05) is 18.7 Å². The van der Waals surface area contributed by atoms with Crippen molar-refractivity contribution in [1.82, 2.24) is 14.9 Å². The van der Waals surface area contributed by atoms with E-state index in [1.807, 2.05) is 6.20 Å². The van der Waals surface area contributed by atoms with Crippen molar-refractivity contribution < 1.29 is 4.79 Å². The number of aryl methyl sites for hydroxylation is 1. The van der Waals surface area contributed by atoms with Crippen LogP contribution in [0, 0.1) is 5.92 Å². The Morgan fingerprint density at radius 3 is 2.89 bits per heavy atom. The molecule has 1 aromatic heterocycles. The van der Waals surface area contributed by atoms with Gasteiger partial charge in [0.1, 0.15) is 0 Å². The Bertz CT molecular complexity index is 411. The molecule has 1 heterocycles. The molecular formula is C14H23N3OS. The highest BCUT2D eigenvalue weighted by Crippen LogP contribution is 2.23. The standard InChI is InChI=1S/C14H23N3OS/c1-3-17-9-8-15-14(17)19-10-13(18)16-12-6-4-11(2)5-7-12/h8-9,11-12H,3-7,10H2,1-2H3,(H,16,18). The SMILES string of the molecule is CCn1ccnc1SCC(=O)NC1CCC(C)CC1. The van der Waals surface area contributed by atoms with Gasteiger partial charge in [0.05, 0.1) is 5.75 Å². The van der Waals surface area contributed by atoms with Crippen molar-refractivity contribution in [3.8, 4) is 0 Å². The van der Waals surface area contributed by atoms with Gasteiger partial charge in [0, 0.05) is 25.0 Å². The molecule has 1 fully saturated rings. The first kappa shape index (κ1) is 14.4. The van der Waals surface area contributed by atoms with E-state index in [1.54, 1.807) is 6.20 Å². The summed E-state index contributed by atoms with van der Waals surface area (Å²) in [4.78, 5) is 16.2. The molecule has 1 aromatic rings. The molecule has 1 saturated carbocycles. The predicted octanol–water partition coefficient (Wildman–Crippen LogP) is 2.69. The van der Waals surface area contributed by atoms with Crippen LogP contribution in [0.3, 0.4) is 0 Å². The summed E-state index contributed by atoms with van der Waals surface area (Å²) < 4.78 is 2.06. The van der Waals surface area contributed by atoms with E-state index < -0.39 is 0 Å². The van der Waals surface area contributed by atoms with E-state index in [2.05, 4.69) is 28.7 Å². The number of aromatic nitrogens is 2. The second-order valence-electron chi connectivity index (χ2n) is 5.31. The van der Waals surface area contributed by atoms with Crippen molar-refractivity contribution in [3.05, 3.63) is 12.4 Å². The first-order valence-corrected chi connectivity index (χ1v) is 8.11. The molecule has 0 spiro atoms. The first-order chi connectivity index (χ1) is 9.19. The molecule has 0 bridgehead atoms. The van der Waals surface area contributed by atoms with Crippen molar-refractivity contribution in [1.29, 1.82) is 0 Å². The van der Waals surface area contributed by atoms with Gasteiger partial charge in [-0.15, -0.1) is 0 Å². The summed E-state index contributed by atoms with van der Waals surface area (Å²) in [5.74, 6) is 1.41. The van der Waals surface area contributed by atoms with E-state index >= 15 is 0 Å². The molecule has 106 valence electrons. The van der Waals surface area contributed by atoms with Gasteiger partial charge in [0.2, 0.25) is 5.91 Å². The average Bonchev–Trinajstić information content (AvgIpc) is 2.86. The Morgan fingerprint density at radius 1 is 1.47 bits per heavy atom. The molecule has 1 N–H and O–H groups in total. The zero-order chi connectivity index (χ0) is 13.7. The third-order valence-electron chi connectivity index (χ3n) is 3.73. The van der Waals surface area contributed by atoms with E-state index in [9.17, 15) is 4.79 Å². The number of nitrogens with zero attached hydrogens (tertiary/aromatic N) is 2. The maximum absolute atomic E-state index is 11.9. The Balaban J connectivity index is 1.73. The van der Waals surface area contributed by atoms with Gasteiger partial charge in [0.15, 0.2) is 5.16 Å². The minimum absolute atomic E-state index is 0.134. The minimum atomic E-state index is 0.134. The molecule has 5 heteroatoms. The highest BCUT2D eigenvalue weighted by Gasteiger charge is 2.19. The van der Waals surface area contributed by atoms with E-state index in [0.717, 1.165) is 30.5 Å². The fourth-order valence-electron chi connectivity index (χ4n) is 2.48. The Morgan fingerprint density at radius 2 is 2.21 bits per heavy atom. The number of imidazole rings is 1. The van der Waals surface area contributed by atoms with Crippen molar-refractivity contribution in [2.45, 2.75) is 57.3 Å². The molecular weight excluding hydrogens is 258 g/mol. The zero-order valence-electron chi connectivity index (χ0n) is 11.8. The van der Waals surface area contributed by atoms with Gasteiger partial charge in [-0.2, -0.15) is 0 Å². The molecule has 0 atom stereocenters. The fraction of sp³-hybridized carbons (Fsp3) is 0.714. The zero-order valence-corrected chi connectivity index (χ0v) is 12.6. The molecule has 2 rings (SSSR count). The number of hydrogen-bond donors (Lipinski definition) is 1. The number of thioether (sulfide) groups is 1. The highest BCUT2D eigenvalue weighted by atomic mass is 32.2. The number of carbonyl (C=O) groups excluding carboxylic acids is 1. The van der Waals surface area contributed by atoms with Crippen LogP contribution in [0.2, 0.25) is 0 Å². The molecule has 0 aromatic carbocycles. The lowest BCUT2D eigenvalue weighted by Crippen LogP contribution is -2.38. The molecule has 0 aliphatic heterocycles. The second-order valence-corrected chi connectivity index (χ2v) is 6.25. The van der Waals surface area contributed by atoms with Gasteiger partial charge in [0.25, 0.3) is 0 Å². The van der Waals surface area contributed by atoms with Gasteiger partial charge < -0.3 is 9.88 Å². The van der Waals surface area contributed by atoms with Gasteiger partial charge >= 0.3 is 0 Å². The summed E-state index contributed by atoms with van der Waals surface area (Å²) in [6.45, 7) is 5.26. The molecule has 0 unspecified atom stereocenters. The van der Waals surface area contributed by atoms with E-state index in [-0.39, 0.29) is 5.91 Å². The van der Waals surface area contributed by atoms with Crippen LogP contribution < -0.4 is 5.32 Å². The largest absolute Gasteiger partial charge is 0.353 e. The molecule has 1 aliphatic carbocycles. The van der Waals surface area contributed by atoms with Gasteiger partial charge in [-0.3, -0.25) is 4.79 Å². The summed E-state index contributed by atoms with van der Waals surface area (Å²) >= 11 is 1.52. The first-order valence-electron chi connectivity index (χ1n) is 7.12. The van der Waals surface area contributed by atoms with Crippen LogP contribution in [0.1, 0.15) is 39.5 Å². The lowest BCUT2D eigenvalue weighted by Gasteiger charge is -2.26. The fourth-order valence-corrected chi connectivity index (χ4v) is 3.31. The van der Waals surface area contributed by atoms with Gasteiger partial charge in [-0.25, -0.2) is 4.98 Å². The number of amides is 1. The Labute approximate surface area is 119 Å². The third-order valence-corrected chi connectivity index (χ3v) is 4.74. The highest BCUT2D eigenvalue weighted by molar-refractivity contribution is 7.99. The van der Waals surface area contributed by atoms with Crippen LogP contribution in [-0.2, 0) is 11.3 Å². The Kier molecular flexibility index (Phi) is 5.31. The van der Waals surface area contributed by atoms with Crippen LogP contribution in [0.25, 0.3) is 0 Å². The smallest absolute Gasteiger partial charge is 0.230 e.